The summed E-state index contributed by atoms with van der Waals surface area (Å²) in [5.41, 5.74) is 0.852. The topological polar surface area (TPSA) is 9.72 Å². The molecule has 23 heavy (non-hydrogen) atoms. The molecule has 0 aromatic heterocycles. The molecule has 2 heterocycles. The Morgan fingerprint density at radius 1 is 1.00 bits per heavy atom. The van der Waals surface area contributed by atoms with Crippen molar-refractivity contribution in [1.29, 1.82) is 0 Å². The summed E-state index contributed by atoms with van der Waals surface area (Å²) in [6.07, 6.45) is 3.94. The molecular formula is C18H27F2N3. The zero-order valence-corrected chi connectivity index (χ0v) is 14.0. The zero-order chi connectivity index (χ0) is 16.2. The molecule has 2 aliphatic rings. The highest BCUT2D eigenvalue weighted by molar-refractivity contribution is 5.17. The van der Waals surface area contributed by atoms with Crippen molar-refractivity contribution in [2.75, 3.05) is 46.3 Å². The Morgan fingerprint density at radius 2 is 1.74 bits per heavy atom. The van der Waals surface area contributed by atoms with Crippen LogP contribution >= 0.6 is 0 Å². The third-order valence-electron chi connectivity index (χ3n) is 5.31. The average Bonchev–Trinajstić information content (AvgIpc) is 2.95. The van der Waals surface area contributed by atoms with E-state index in [0.29, 0.717) is 6.54 Å². The Labute approximate surface area is 137 Å². The van der Waals surface area contributed by atoms with Crippen molar-refractivity contribution in [1.82, 2.24) is 14.7 Å². The lowest BCUT2D eigenvalue weighted by molar-refractivity contribution is 0.118. The van der Waals surface area contributed by atoms with Gasteiger partial charge in [0.15, 0.2) is 11.6 Å². The molecule has 3 nitrogen and oxygen atoms in total. The number of hydrogen-bond acceptors (Lipinski definition) is 3. The zero-order valence-electron chi connectivity index (χ0n) is 14.0. The molecular weight excluding hydrogens is 296 g/mol. The van der Waals surface area contributed by atoms with Crippen molar-refractivity contribution in [3.8, 4) is 0 Å². The number of rotatable bonds is 5. The van der Waals surface area contributed by atoms with Gasteiger partial charge in [-0.2, -0.15) is 0 Å². The lowest BCUT2D eigenvalue weighted by Gasteiger charge is -2.35. The van der Waals surface area contributed by atoms with Crippen LogP contribution in [-0.2, 0) is 6.54 Å². The molecule has 1 aromatic carbocycles. The minimum absolute atomic E-state index is 0.705. The smallest absolute Gasteiger partial charge is 0.159 e. The van der Waals surface area contributed by atoms with E-state index in [2.05, 4.69) is 21.7 Å². The molecule has 0 saturated carbocycles. The lowest BCUT2D eigenvalue weighted by atomic mass is 10.1. The second-order valence-electron chi connectivity index (χ2n) is 6.93. The molecule has 1 unspecified atom stereocenters. The van der Waals surface area contributed by atoms with E-state index in [1.807, 2.05) is 0 Å². The second-order valence-corrected chi connectivity index (χ2v) is 6.93. The van der Waals surface area contributed by atoms with Crippen LogP contribution in [0.5, 0.6) is 0 Å². The van der Waals surface area contributed by atoms with Gasteiger partial charge in [0.25, 0.3) is 0 Å². The van der Waals surface area contributed by atoms with Crippen LogP contribution in [0.25, 0.3) is 0 Å². The predicted molar refractivity (Wildman–Crippen MR) is 88.3 cm³/mol. The third kappa shape index (κ3) is 4.49. The Balaban J connectivity index is 1.40. The van der Waals surface area contributed by atoms with Crippen molar-refractivity contribution >= 4 is 0 Å². The second kappa shape index (κ2) is 7.69. The van der Waals surface area contributed by atoms with Gasteiger partial charge < -0.3 is 9.80 Å². The summed E-state index contributed by atoms with van der Waals surface area (Å²) >= 11 is 0. The predicted octanol–water partition coefficient (Wildman–Crippen LogP) is 2.57. The van der Waals surface area contributed by atoms with Crippen molar-refractivity contribution in [2.24, 2.45) is 0 Å². The first-order chi connectivity index (χ1) is 11.1. The largest absolute Gasteiger partial charge is 0.303 e. The van der Waals surface area contributed by atoms with E-state index in [-0.39, 0.29) is 0 Å². The highest BCUT2D eigenvalue weighted by Gasteiger charge is 2.23. The standard InChI is InChI=1S/C18H27F2N3/c1-21-7-2-3-16(21)6-8-22-9-11-23(12-10-22)14-15-4-5-17(19)18(20)13-15/h4-5,13,16H,2-3,6-12,14H2,1H3. The Bertz CT molecular complexity index is 515. The normalized spacial score (nSPS) is 24.4. The van der Waals surface area contributed by atoms with Gasteiger partial charge in [0.05, 0.1) is 0 Å². The Morgan fingerprint density at radius 3 is 2.39 bits per heavy atom. The summed E-state index contributed by atoms with van der Waals surface area (Å²) in [5, 5.41) is 0. The van der Waals surface area contributed by atoms with Crippen LogP contribution in [0.2, 0.25) is 0 Å². The molecule has 0 radical (unpaired) electrons. The number of halogens is 2. The van der Waals surface area contributed by atoms with Crippen molar-refractivity contribution in [3.63, 3.8) is 0 Å². The molecule has 0 bridgehead atoms. The number of benzene rings is 1. The van der Waals surface area contributed by atoms with Crippen molar-refractivity contribution in [3.05, 3.63) is 35.4 Å². The van der Waals surface area contributed by atoms with Crippen molar-refractivity contribution < 1.29 is 8.78 Å². The first-order valence-electron chi connectivity index (χ1n) is 8.71. The molecule has 0 spiro atoms. The summed E-state index contributed by atoms with van der Waals surface area (Å²) in [6.45, 7) is 7.26. The molecule has 3 rings (SSSR count). The van der Waals surface area contributed by atoms with Gasteiger partial charge in [-0.3, -0.25) is 4.90 Å². The SMILES string of the molecule is CN1CCCC1CCN1CCN(Cc2ccc(F)c(F)c2)CC1. The number of piperazine rings is 1. The van der Waals surface area contributed by atoms with Gasteiger partial charge in [0.1, 0.15) is 0 Å². The quantitative estimate of drug-likeness (QED) is 0.825. The molecule has 128 valence electrons. The van der Waals surface area contributed by atoms with Crippen LogP contribution in [0.4, 0.5) is 8.78 Å². The Hall–Kier alpha value is -1.04. The summed E-state index contributed by atoms with van der Waals surface area (Å²) in [5.74, 6) is -1.52. The van der Waals surface area contributed by atoms with Crippen LogP contribution in [0.15, 0.2) is 18.2 Å². The highest BCUT2D eigenvalue weighted by Crippen LogP contribution is 2.19. The van der Waals surface area contributed by atoms with Gasteiger partial charge in [0.2, 0.25) is 0 Å². The average molecular weight is 323 g/mol. The summed E-state index contributed by atoms with van der Waals surface area (Å²) in [6, 6.07) is 4.98. The molecule has 2 aliphatic heterocycles. The van der Waals surface area contributed by atoms with E-state index in [1.165, 1.54) is 44.5 Å². The maximum Gasteiger partial charge on any atom is 0.159 e. The molecule has 1 atom stereocenters. The summed E-state index contributed by atoms with van der Waals surface area (Å²) in [7, 11) is 2.23. The summed E-state index contributed by atoms with van der Waals surface area (Å²) in [4.78, 5) is 7.35. The van der Waals surface area contributed by atoms with Gasteiger partial charge in [-0.05, 0) is 57.1 Å². The fraction of sp³-hybridized carbons (Fsp3) is 0.667. The molecule has 0 aliphatic carbocycles. The maximum atomic E-state index is 13.3. The van der Waals surface area contributed by atoms with E-state index in [0.717, 1.165) is 37.8 Å². The van der Waals surface area contributed by atoms with E-state index >= 15 is 0 Å². The minimum atomic E-state index is -0.768. The van der Waals surface area contributed by atoms with Crippen LogP contribution in [0.3, 0.4) is 0 Å². The number of likely N-dealkylation sites (tertiary alicyclic amines) is 1. The van der Waals surface area contributed by atoms with Crippen LogP contribution in [0, 0.1) is 11.6 Å². The number of hydrogen-bond donors (Lipinski definition) is 0. The molecule has 0 N–H and O–H groups in total. The third-order valence-corrected chi connectivity index (χ3v) is 5.31. The lowest BCUT2D eigenvalue weighted by Crippen LogP contribution is -2.46. The van der Waals surface area contributed by atoms with Crippen molar-refractivity contribution in [2.45, 2.75) is 31.8 Å². The monoisotopic (exact) mass is 323 g/mol. The molecule has 2 saturated heterocycles. The van der Waals surface area contributed by atoms with E-state index in [1.54, 1.807) is 6.07 Å². The first kappa shape index (κ1) is 16.8. The summed E-state index contributed by atoms with van der Waals surface area (Å²) < 4.78 is 26.2. The minimum Gasteiger partial charge on any atom is -0.303 e. The first-order valence-corrected chi connectivity index (χ1v) is 8.71. The van der Waals surface area contributed by atoms with Crippen LogP contribution in [-0.4, -0.2) is 67.1 Å². The van der Waals surface area contributed by atoms with Gasteiger partial charge in [-0.25, -0.2) is 8.78 Å². The van der Waals surface area contributed by atoms with E-state index in [9.17, 15) is 8.78 Å². The molecule has 0 amide bonds. The van der Waals surface area contributed by atoms with E-state index in [4.69, 9.17) is 0 Å². The van der Waals surface area contributed by atoms with Gasteiger partial charge in [-0.15, -0.1) is 0 Å². The van der Waals surface area contributed by atoms with Crippen LogP contribution < -0.4 is 0 Å². The molecule has 2 fully saturated rings. The fourth-order valence-corrected chi connectivity index (χ4v) is 3.74. The van der Waals surface area contributed by atoms with Crippen LogP contribution in [0.1, 0.15) is 24.8 Å². The fourth-order valence-electron chi connectivity index (χ4n) is 3.74. The molecule has 1 aromatic rings. The van der Waals surface area contributed by atoms with E-state index < -0.39 is 11.6 Å². The number of nitrogens with zero attached hydrogens (tertiary/aromatic N) is 3. The Kier molecular flexibility index (Phi) is 5.62. The molecule has 5 heteroatoms. The van der Waals surface area contributed by atoms with Gasteiger partial charge >= 0.3 is 0 Å². The van der Waals surface area contributed by atoms with Gasteiger partial charge in [-0.1, -0.05) is 6.07 Å². The highest BCUT2D eigenvalue weighted by atomic mass is 19.2. The van der Waals surface area contributed by atoms with Gasteiger partial charge in [0, 0.05) is 38.8 Å². The maximum absolute atomic E-state index is 13.3.